The van der Waals surface area contributed by atoms with Crippen LogP contribution in [0.25, 0.3) is 17.0 Å². The highest BCUT2D eigenvalue weighted by Crippen LogP contribution is 2.34. The summed E-state index contributed by atoms with van der Waals surface area (Å²) in [6.07, 6.45) is 4.46. The van der Waals surface area contributed by atoms with Gasteiger partial charge in [0, 0.05) is 29.2 Å². The van der Waals surface area contributed by atoms with Crippen molar-refractivity contribution in [2.24, 2.45) is 0 Å². The summed E-state index contributed by atoms with van der Waals surface area (Å²) in [5.41, 5.74) is 4.73. The molecule has 1 amide bonds. The van der Waals surface area contributed by atoms with Gasteiger partial charge in [-0.3, -0.25) is 4.79 Å². The molecule has 2 aromatic carbocycles. The fourth-order valence-corrected chi connectivity index (χ4v) is 3.56. The largest absolute Gasteiger partial charge is 0.356 e. The second kappa shape index (κ2) is 6.00. The van der Waals surface area contributed by atoms with Crippen LogP contribution in [-0.2, 0) is 11.2 Å². The number of rotatable bonds is 2. The summed E-state index contributed by atoms with van der Waals surface area (Å²) in [6, 6.07) is 18.4. The summed E-state index contributed by atoms with van der Waals surface area (Å²) in [6.45, 7) is 2.86. The van der Waals surface area contributed by atoms with E-state index in [1.807, 2.05) is 47.4 Å². The standard InChI is InChI=1S/C21H20N2O/c1-15-21-18(17-9-5-6-10-19(17)22-21)13-14-23(15)20(24)12-11-16-7-3-2-4-8-16/h2-12,15,22H,13-14H2,1H3/b12-11+. The van der Waals surface area contributed by atoms with Crippen molar-refractivity contribution in [3.05, 3.63) is 77.5 Å². The normalized spacial score (nSPS) is 17.4. The molecule has 1 aromatic heterocycles. The lowest BCUT2D eigenvalue weighted by atomic mass is 9.98. The fraction of sp³-hybridized carbons (Fsp3) is 0.190. The SMILES string of the molecule is CC1c2[nH]c3ccccc3c2CCN1C(=O)/C=C/c1ccccc1. The van der Waals surface area contributed by atoms with Crippen LogP contribution in [0.15, 0.2) is 60.7 Å². The van der Waals surface area contributed by atoms with Crippen LogP contribution in [0.4, 0.5) is 0 Å². The third kappa shape index (κ3) is 2.52. The second-order valence-corrected chi connectivity index (χ2v) is 6.26. The van der Waals surface area contributed by atoms with Crippen molar-refractivity contribution in [1.82, 2.24) is 9.88 Å². The van der Waals surface area contributed by atoms with E-state index in [2.05, 4.69) is 30.1 Å². The molecule has 0 radical (unpaired) electrons. The maximum Gasteiger partial charge on any atom is 0.247 e. The van der Waals surface area contributed by atoms with Gasteiger partial charge < -0.3 is 9.88 Å². The van der Waals surface area contributed by atoms with Crippen LogP contribution in [0.2, 0.25) is 0 Å². The number of fused-ring (bicyclic) bond motifs is 3. The Morgan fingerprint density at radius 2 is 1.88 bits per heavy atom. The molecule has 24 heavy (non-hydrogen) atoms. The second-order valence-electron chi connectivity index (χ2n) is 6.26. The molecule has 1 unspecified atom stereocenters. The minimum atomic E-state index is 0.0640. The molecule has 0 aliphatic carbocycles. The molecule has 3 nitrogen and oxygen atoms in total. The van der Waals surface area contributed by atoms with Crippen LogP contribution < -0.4 is 0 Å². The molecule has 4 rings (SSSR count). The molecule has 0 spiro atoms. The van der Waals surface area contributed by atoms with Gasteiger partial charge in [0.05, 0.1) is 6.04 Å². The molecule has 0 fully saturated rings. The minimum absolute atomic E-state index is 0.0640. The summed E-state index contributed by atoms with van der Waals surface area (Å²) in [7, 11) is 0. The van der Waals surface area contributed by atoms with E-state index in [9.17, 15) is 4.79 Å². The van der Waals surface area contributed by atoms with Gasteiger partial charge in [0.25, 0.3) is 0 Å². The first-order valence-electron chi connectivity index (χ1n) is 8.37. The van der Waals surface area contributed by atoms with Crippen molar-refractivity contribution < 1.29 is 4.79 Å². The smallest absolute Gasteiger partial charge is 0.247 e. The number of hydrogen-bond acceptors (Lipinski definition) is 1. The molecule has 0 saturated heterocycles. The van der Waals surface area contributed by atoms with Gasteiger partial charge in [0.2, 0.25) is 5.91 Å². The number of carbonyl (C=O) groups is 1. The molecule has 3 aromatic rings. The molecular formula is C21H20N2O. The number of aromatic amines is 1. The monoisotopic (exact) mass is 316 g/mol. The van der Waals surface area contributed by atoms with E-state index < -0.39 is 0 Å². The first-order valence-corrected chi connectivity index (χ1v) is 8.37. The van der Waals surface area contributed by atoms with Crippen molar-refractivity contribution in [3.8, 4) is 0 Å². The lowest BCUT2D eigenvalue weighted by molar-refractivity contribution is -0.128. The predicted molar refractivity (Wildman–Crippen MR) is 97.6 cm³/mol. The number of benzene rings is 2. The summed E-state index contributed by atoms with van der Waals surface area (Å²) in [4.78, 5) is 18.1. The number of carbonyl (C=O) groups excluding carboxylic acids is 1. The van der Waals surface area contributed by atoms with Crippen molar-refractivity contribution in [2.75, 3.05) is 6.54 Å². The molecule has 1 N–H and O–H groups in total. The fourth-order valence-electron chi connectivity index (χ4n) is 3.56. The highest BCUT2D eigenvalue weighted by molar-refractivity contribution is 5.93. The Balaban J connectivity index is 1.59. The summed E-state index contributed by atoms with van der Waals surface area (Å²) in [5.74, 6) is 0.0654. The minimum Gasteiger partial charge on any atom is -0.356 e. The van der Waals surface area contributed by atoms with Crippen LogP contribution in [0, 0.1) is 0 Å². The Hall–Kier alpha value is -2.81. The van der Waals surface area contributed by atoms with Crippen molar-refractivity contribution in [1.29, 1.82) is 0 Å². The first-order chi connectivity index (χ1) is 11.7. The van der Waals surface area contributed by atoms with Gasteiger partial charge in [-0.05, 0) is 36.6 Å². The average Bonchev–Trinajstić information content (AvgIpc) is 3.01. The van der Waals surface area contributed by atoms with Crippen LogP contribution in [-0.4, -0.2) is 22.3 Å². The summed E-state index contributed by atoms with van der Waals surface area (Å²) >= 11 is 0. The Morgan fingerprint density at radius 1 is 1.12 bits per heavy atom. The first kappa shape index (κ1) is 14.8. The van der Waals surface area contributed by atoms with E-state index in [1.54, 1.807) is 6.08 Å². The number of aromatic nitrogens is 1. The number of H-pyrrole nitrogens is 1. The van der Waals surface area contributed by atoms with Crippen LogP contribution in [0.3, 0.4) is 0 Å². The number of hydrogen-bond donors (Lipinski definition) is 1. The van der Waals surface area contributed by atoms with Crippen LogP contribution in [0.5, 0.6) is 0 Å². The Kier molecular flexibility index (Phi) is 3.69. The molecule has 3 heteroatoms. The van der Waals surface area contributed by atoms with Crippen molar-refractivity contribution in [3.63, 3.8) is 0 Å². The van der Waals surface area contributed by atoms with Gasteiger partial charge in [-0.25, -0.2) is 0 Å². The van der Waals surface area contributed by atoms with Crippen molar-refractivity contribution in [2.45, 2.75) is 19.4 Å². The Labute approximate surface area is 141 Å². The highest BCUT2D eigenvalue weighted by atomic mass is 16.2. The van der Waals surface area contributed by atoms with E-state index >= 15 is 0 Å². The molecule has 1 atom stereocenters. The molecule has 1 aliphatic rings. The number of nitrogens with zero attached hydrogens (tertiary/aromatic N) is 1. The number of nitrogens with one attached hydrogen (secondary N) is 1. The van der Waals surface area contributed by atoms with Crippen molar-refractivity contribution >= 4 is 22.9 Å². The third-order valence-corrected chi connectivity index (χ3v) is 4.84. The molecule has 0 bridgehead atoms. The van der Waals surface area contributed by atoms with E-state index in [0.29, 0.717) is 0 Å². The zero-order valence-corrected chi connectivity index (χ0v) is 13.7. The number of para-hydroxylation sites is 1. The lowest BCUT2D eigenvalue weighted by Gasteiger charge is -2.32. The average molecular weight is 316 g/mol. The van der Waals surface area contributed by atoms with Crippen LogP contribution in [0.1, 0.15) is 29.8 Å². The van der Waals surface area contributed by atoms with Gasteiger partial charge >= 0.3 is 0 Å². The Morgan fingerprint density at radius 3 is 2.71 bits per heavy atom. The zero-order valence-electron chi connectivity index (χ0n) is 13.7. The molecule has 1 aliphatic heterocycles. The van der Waals surface area contributed by atoms with Gasteiger partial charge in [-0.2, -0.15) is 0 Å². The van der Waals surface area contributed by atoms with Gasteiger partial charge in [0.15, 0.2) is 0 Å². The lowest BCUT2D eigenvalue weighted by Crippen LogP contribution is -2.37. The maximum atomic E-state index is 12.6. The quantitative estimate of drug-likeness (QED) is 0.702. The molecule has 0 saturated carbocycles. The maximum absolute atomic E-state index is 12.6. The Bertz CT molecular complexity index is 908. The molecule has 2 heterocycles. The van der Waals surface area contributed by atoms with E-state index in [4.69, 9.17) is 0 Å². The van der Waals surface area contributed by atoms with E-state index in [-0.39, 0.29) is 11.9 Å². The summed E-state index contributed by atoms with van der Waals surface area (Å²) in [5, 5.41) is 1.28. The van der Waals surface area contributed by atoms with Gasteiger partial charge in [0.1, 0.15) is 0 Å². The number of amides is 1. The predicted octanol–water partition coefficient (Wildman–Crippen LogP) is 4.33. The van der Waals surface area contributed by atoms with Gasteiger partial charge in [-0.15, -0.1) is 0 Å². The van der Waals surface area contributed by atoms with Crippen LogP contribution >= 0.6 is 0 Å². The molecule has 120 valence electrons. The van der Waals surface area contributed by atoms with E-state index in [0.717, 1.165) is 24.0 Å². The topological polar surface area (TPSA) is 36.1 Å². The zero-order chi connectivity index (χ0) is 16.5. The third-order valence-electron chi connectivity index (χ3n) is 4.84. The van der Waals surface area contributed by atoms with E-state index in [1.165, 1.54) is 16.6 Å². The highest BCUT2D eigenvalue weighted by Gasteiger charge is 2.29. The molecular weight excluding hydrogens is 296 g/mol. The van der Waals surface area contributed by atoms with Gasteiger partial charge in [-0.1, -0.05) is 48.5 Å². The summed E-state index contributed by atoms with van der Waals surface area (Å²) < 4.78 is 0.